The van der Waals surface area contributed by atoms with Crippen molar-refractivity contribution in [2.45, 2.75) is 49.7 Å². The van der Waals surface area contributed by atoms with Crippen LogP contribution in [0.25, 0.3) is 0 Å². The number of halogens is 1. The highest BCUT2D eigenvalue weighted by molar-refractivity contribution is 6.30. The Morgan fingerprint density at radius 1 is 1.25 bits per heavy atom. The number of piperidine rings is 1. The number of fused-ring (bicyclic) bond motifs is 2. The molecule has 2 bridgehead atoms. The zero-order valence-electron chi connectivity index (χ0n) is 13.4. The van der Waals surface area contributed by atoms with E-state index >= 15 is 0 Å². The number of hydrogen-bond donors (Lipinski definition) is 0. The van der Waals surface area contributed by atoms with Crippen molar-refractivity contribution in [1.82, 2.24) is 14.9 Å². The molecule has 2 aliphatic rings. The third-order valence-corrected chi connectivity index (χ3v) is 5.69. The van der Waals surface area contributed by atoms with Crippen molar-refractivity contribution in [3.05, 3.63) is 59.1 Å². The predicted molar refractivity (Wildman–Crippen MR) is 92.4 cm³/mol. The zero-order chi connectivity index (χ0) is 16.6. The summed E-state index contributed by atoms with van der Waals surface area (Å²) in [6, 6.07) is 11.4. The van der Waals surface area contributed by atoms with Crippen molar-refractivity contribution >= 4 is 11.6 Å². The van der Waals surface area contributed by atoms with Crippen LogP contribution in [0.15, 0.2) is 42.9 Å². The molecule has 0 N–H and O–H groups in total. The fourth-order valence-corrected chi connectivity index (χ4v) is 4.52. The highest BCUT2D eigenvalue weighted by Gasteiger charge is 2.49. The Labute approximate surface area is 147 Å². The molecule has 0 saturated carbocycles. The van der Waals surface area contributed by atoms with Gasteiger partial charge in [0.05, 0.1) is 22.2 Å². The molecule has 122 valence electrons. The van der Waals surface area contributed by atoms with E-state index in [0.717, 1.165) is 43.5 Å². The van der Waals surface area contributed by atoms with Crippen LogP contribution in [0, 0.1) is 11.3 Å². The quantitative estimate of drug-likeness (QED) is 0.856. The average Bonchev–Trinajstić information content (AvgIpc) is 2.85. The van der Waals surface area contributed by atoms with Gasteiger partial charge in [0.15, 0.2) is 0 Å². The van der Waals surface area contributed by atoms with Crippen LogP contribution in [0.3, 0.4) is 0 Å². The molecule has 2 aromatic rings. The van der Waals surface area contributed by atoms with Crippen molar-refractivity contribution in [3.63, 3.8) is 0 Å². The molecule has 4 rings (SSSR count). The molecule has 2 saturated heterocycles. The topological polar surface area (TPSA) is 52.8 Å². The lowest BCUT2D eigenvalue weighted by Gasteiger charge is -2.43. The highest BCUT2D eigenvalue weighted by Crippen LogP contribution is 2.47. The minimum atomic E-state index is -0.468. The van der Waals surface area contributed by atoms with E-state index in [-0.39, 0.29) is 0 Å². The third kappa shape index (κ3) is 2.68. The molecule has 0 amide bonds. The summed E-state index contributed by atoms with van der Waals surface area (Å²) in [5, 5.41) is 10.6. The van der Waals surface area contributed by atoms with Gasteiger partial charge in [0.1, 0.15) is 0 Å². The highest BCUT2D eigenvalue weighted by atomic mass is 35.5. The second-order valence-corrected chi connectivity index (χ2v) is 7.31. The minimum Gasteiger partial charge on any atom is -0.291 e. The lowest BCUT2D eigenvalue weighted by molar-refractivity contribution is 0.0960. The predicted octanol–water partition coefficient (Wildman–Crippen LogP) is 3.72. The van der Waals surface area contributed by atoms with Gasteiger partial charge in [-0.2, -0.15) is 5.26 Å². The van der Waals surface area contributed by atoms with Crippen LogP contribution in [-0.2, 0) is 12.0 Å². The second-order valence-electron chi connectivity index (χ2n) is 6.87. The molecule has 2 atom stereocenters. The molecular formula is C19H19ClN4. The minimum absolute atomic E-state index is 0.421. The number of rotatable bonds is 3. The molecule has 0 aromatic carbocycles. The van der Waals surface area contributed by atoms with Crippen molar-refractivity contribution in [2.24, 2.45) is 0 Å². The summed E-state index contributed by atoms with van der Waals surface area (Å²) in [6.07, 6.45) is 9.26. The molecule has 2 fully saturated rings. The van der Waals surface area contributed by atoms with E-state index in [1.54, 1.807) is 6.20 Å². The molecule has 2 aromatic heterocycles. The normalized spacial score (nSPS) is 29.3. The molecule has 4 heterocycles. The van der Waals surface area contributed by atoms with Crippen LogP contribution in [0.1, 0.15) is 36.9 Å². The molecule has 24 heavy (non-hydrogen) atoms. The van der Waals surface area contributed by atoms with Crippen LogP contribution in [0.2, 0.25) is 5.02 Å². The van der Waals surface area contributed by atoms with E-state index in [0.29, 0.717) is 17.1 Å². The number of hydrogen-bond acceptors (Lipinski definition) is 4. The van der Waals surface area contributed by atoms with Gasteiger partial charge in [0, 0.05) is 37.2 Å². The van der Waals surface area contributed by atoms with E-state index in [4.69, 9.17) is 11.6 Å². The SMILES string of the molecule is N#CC1(c2cncc(Cl)c2)CC2CCC(C1)N2Cc1ccccn1. The number of pyridine rings is 2. The van der Waals surface area contributed by atoms with Crippen LogP contribution >= 0.6 is 11.6 Å². The fourth-order valence-electron chi connectivity index (χ4n) is 4.34. The lowest BCUT2D eigenvalue weighted by atomic mass is 9.71. The van der Waals surface area contributed by atoms with Gasteiger partial charge in [0.2, 0.25) is 0 Å². The molecule has 0 aliphatic carbocycles. The summed E-state index contributed by atoms with van der Waals surface area (Å²) in [7, 11) is 0. The second kappa shape index (κ2) is 6.16. The average molecular weight is 339 g/mol. The van der Waals surface area contributed by atoms with Gasteiger partial charge in [-0.1, -0.05) is 17.7 Å². The Bertz CT molecular complexity index is 756. The molecule has 0 spiro atoms. The van der Waals surface area contributed by atoms with Gasteiger partial charge < -0.3 is 0 Å². The van der Waals surface area contributed by atoms with Crippen LogP contribution in [-0.4, -0.2) is 27.0 Å². The van der Waals surface area contributed by atoms with E-state index < -0.39 is 5.41 Å². The first-order valence-corrected chi connectivity index (χ1v) is 8.76. The van der Waals surface area contributed by atoms with E-state index in [1.807, 2.05) is 30.6 Å². The third-order valence-electron chi connectivity index (χ3n) is 5.48. The Morgan fingerprint density at radius 2 is 2.04 bits per heavy atom. The maximum Gasteiger partial charge on any atom is 0.0867 e. The molecular weight excluding hydrogens is 320 g/mol. The first-order chi connectivity index (χ1) is 11.7. The van der Waals surface area contributed by atoms with E-state index in [9.17, 15) is 5.26 Å². The maximum atomic E-state index is 9.97. The molecule has 2 aliphatic heterocycles. The number of aromatic nitrogens is 2. The molecule has 4 nitrogen and oxygen atoms in total. The number of nitrogens with zero attached hydrogens (tertiary/aromatic N) is 4. The van der Waals surface area contributed by atoms with Gasteiger partial charge in [-0.05, 0) is 49.4 Å². The smallest absolute Gasteiger partial charge is 0.0867 e. The van der Waals surface area contributed by atoms with E-state index in [2.05, 4.69) is 27.0 Å². The fraction of sp³-hybridized carbons (Fsp3) is 0.421. The summed E-state index contributed by atoms with van der Waals surface area (Å²) in [5.41, 5.74) is 1.60. The lowest BCUT2D eigenvalue weighted by Crippen LogP contribution is -2.48. The van der Waals surface area contributed by atoms with Crippen LogP contribution in [0.4, 0.5) is 0 Å². The van der Waals surface area contributed by atoms with Crippen molar-refractivity contribution in [2.75, 3.05) is 0 Å². The Morgan fingerprint density at radius 3 is 2.67 bits per heavy atom. The summed E-state index contributed by atoms with van der Waals surface area (Å²) >= 11 is 6.12. The first kappa shape index (κ1) is 15.6. The van der Waals surface area contributed by atoms with E-state index in [1.165, 1.54) is 0 Å². The number of nitriles is 1. The standard InChI is InChI=1S/C19H19ClN4/c20-15-7-14(10-22-11-15)19(13-21)8-17-4-5-18(9-19)24(17)12-16-3-1-2-6-23-16/h1-3,6-7,10-11,17-18H,4-5,8-9,12H2. The van der Waals surface area contributed by atoms with Crippen LogP contribution in [0.5, 0.6) is 0 Å². The summed E-state index contributed by atoms with van der Waals surface area (Å²) in [5.74, 6) is 0. The van der Waals surface area contributed by atoms with Crippen molar-refractivity contribution in [3.8, 4) is 6.07 Å². The van der Waals surface area contributed by atoms with Gasteiger partial charge in [-0.15, -0.1) is 0 Å². The zero-order valence-corrected chi connectivity index (χ0v) is 14.2. The molecule has 5 heteroatoms. The summed E-state index contributed by atoms with van der Waals surface area (Å²) < 4.78 is 0. The summed E-state index contributed by atoms with van der Waals surface area (Å²) in [6.45, 7) is 0.867. The maximum absolute atomic E-state index is 9.97. The Balaban J connectivity index is 1.60. The Kier molecular flexibility index (Phi) is 3.99. The van der Waals surface area contributed by atoms with Gasteiger partial charge in [0.25, 0.3) is 0 Å². The first-order valence-electron chi connectivity index (χ1n) is 8.38. The summed E-state index contributed by atoms with van der Waals surface area (Å²) in [4.78, 5) is 11.2. The van der Waals surface area contributed by atoms with Gasteiger partial charge in [-0.25, -0.2) is 0 Å². The molecule has 0 radical (unpaired) electrons. The molecule has 2 unspecified atom stereocenters. The van der Waals surface area contributed by atoms with Gasteiger partial charge in [-0.3, -0.25) is 14.9 Å². The Hall–Kier alpha value is -1.96. The van der Waals surface area contributed by atoms with Crippen molar-refractivity contribution < 1.29 is 0 Å². The van der Waals surface area contributed by atoms with Crippen LogP contribution < -0.4 is 0 Å². The van der Waals surface area contributed by atoms with Gasteiger partial charge >= 0.3 is 0 Å². The monoisotopic (exact) mass is 338 g/mol. The largest absolute Gasteiger partial charge is 0.291 e. The van der Waals surface area contributed by atoms with Crippen molar-refractivity contribution in [1.29, 1.82) is 5.26 Å².